The third kappa shape index (κ3) is 3.35. The number of halogens is 3. The Morgan fingerprint density at radius 1 is 1.50 bits per heavy atom. The third-order valence-electron chi connectivity index (χ3n) is 2.19. The summed E-state index contributed by atoms with van der Waals surface area (Å²) in [4.78, 5) is 0. The fourth-order valence-electron chi connectivity index (χ4n) is 1.12. The van der Waals surface area contributed by atoms with E-state index in [1.165, 1.54) is 6.92 Å². The largest absolute Gasteiger partial charge is 0.388 e. The first-order valence-electron chi connectivity index (χ1n) is 4.89. The van der Waals surface area contributed by atoms with Crippen LogP contribution in [0.25, 0.3) is 0 Å². The molecule has 0 spiro atoms. The first-order valence-corrected chi connectivity index (χ1v) is 4.89. The Kier molecular flexibility index (Phi) is 5.75. The minimum Gasteiger partial charge on any atom is -0.377 e. The molecule has 0 heterocycles. The van der Waals surface area contributed by atoms with Crippen molar-refractivity contribution in [2.45, 2.75) is 31.5 Å². The molecule has 0 rings (SSSR count). The summed E-state index contributed by atoms with van der Waals surface area (Å²) in [6.45, 7) is 6.66. The number of hydrogen-bond donors (Lipinski definition) is 1. The first-order chi connectivity index (χ1) is 7.31. The molecule has 16 heavy (non-hydrogen) atoms. The van der Waals surface area contributed by atoms with Gasteiger partial charge in [-0.15, -0.1) is 6.58 Å². The molecule has 0 fully saturated rings. The highest BCUT2D eigenvalue weighted by Gasteiger charge is 2.53. The molecule has 0 aromatic heterocycles. The van der Waals surface area contributed by atoms with Gasteiger partial charge in [-0.05, 0) is 18.9 Å². The lowest BCUT2D eigenvalue weighted by molar-refractivity contribution is -0.317. The van der Waals surface area contributed by atoms with Gasteiger partial charge in [-0.2, -0.15) is 8.78 Å². The van der Waals surface area contributed by atoms with Gasteiger partial charge in [0, 0.05) is 6.42 Å². The van der Waals surface area contributed by atoms with Crippen LogP contribution in [0.1, 0.15) is 19.8 Å². The molecule has 0 bridgehead atoms. The van der Waals surface area contributed by atoms with E-state index in [9.17, 15) is 18.3 Å². The molecular formula is C11H17F3O2. The molecule has 0 aromatic rings. The molecule has 2 nitrogen and oxygen atoms in total. The lowest BCUT2D eigenvalue weighted by Crippen LogP contribution is -2.50. The SMILES string of the molecule is C=CCC(O)(C(=C)C)C(F)(F)OCCCF. The van der Waals surface area contributed by atoms with Gasteiger partial charge in [-0.1, -0.05) is 12.7 Å². The molecule has 94 valence electrons. The zero-order valence-electron chi connectivity index (χ0n) is 9.31. The van der Waals surface area contributed by atoms with E-state index in [4.69, 9.17) is 0 Å². The first kappa shape index (κ1) is 15.2. The zero-order chi connectivity index (χ0) is 12.8. The highest BCUT2D eigenvalue weighted by molar-refractivity contribution is 5.15. The van der Waals surface area contributed by atoms with Crippen molar-refractivity contribution in [3.8, 4) is 0 Å². The smallest absolute Gasteiger partial charge is 0.377 e. The number of alkyl halides is 3. The van der Waals surface area contributed by atoms with E-state index in [1.807, 2.05) is 0 Å². The van der Waals surface area contributed by atoms with Crippen molar-refractivity contribution in [1.29, 1.82) is 0 Å². The molecule has 0 radical (unpaired) electrons. The van der Waals surface area contributed by atoms with Crippen molar-refractivity contribution in [1.82, 2.24) is 0 Å². The van der Waals surface area contributed by atoms with E-state index in [0.29, 0.717) is 0 Å². The van der Waals surface area contributed by atoms with Gasteiger partial charge in [-0.3, -0.25) is 4.39 Å². The Morgan fingerprint density at radius 2 is 2.06 bits per heavy atom. The minimum absolute atomic E-state index is 0.127. The van der Waals surface area contributed by atoms with Crippen LogP contribution in [0.5, 0.6) is 0 Å². The zero-order valence-corrected chi connectivity index (χ0v) is 9.31. The number of aliphatic hydroxyl groups is 1. The summed E-state index contributed by atoms with van der Waals surface area (Å²) < 4.78 is 43.0. The van der Waals surface area contributed by atoms with Crippen LogP contribution in [0, 0.1) is 0 Å². The van der Waals surface area contributed by atoms with E-state index in [-0.39, 0.29) is 18.4 Å². The van der Waals surface area contributed by atoms with Crippen LogP contribution < -0.4 is 0 Å². The van der Waals surface area contributed by atoms with E-state index in [2.05, 4.69) is 17.9 Å². The maximum absolute atomic E-state index is 13.5. The molecule has 1 N–H and O–H groups in total. The maximum Gasteiger partial charge on any atom is 0.388 e. The molecule has 1 unspecified atom stereocenters. The number of ether oxygens (including phenoxy) is 1. The lowest BCUT2D eigenvalue weighted by Gasteiger charge is -2.34. The summed E-state index contributed by atoms with van der Waals surface area (Å²) in [6.07, 6.45) is -3.18. The molecule has 0 aromatic carbocycles. The topological polar surface area (TPSA) is 29.5 Å². The third-order valence-corrected chi connectivity index (χ3v) is 2.19. The second kappa shape index (κ2) is 6.06. The predicted molar refractivity (Wildman–Crippen MR) is 56.1 cm³/mol. The van der Waals surface area contributed by atoms with Crippen molar-refractivity contribution >= 4 is 0 Å². The molecule has 0 saturated heterocycles. The maximum atomic E-state index is 13.5. The molecule has 0 amide bonds. The van der Waals surface area contributed by atoms with Gasteiger partial charge in [-0.25, -0.2) is 0 Å². The number of hydrogen-bond acceptors (Lipinski definition) is 2. The molecule has 1 atom stereocenters. The van der Waals surface area contributed by atoms with Crippen LogP contribution in [0.2, 0.25) is 0 Å². The molecule has 5 heteroatoms. The Morgan fingerprint density at radius 3 is 2.44 bits per heavy atom. The second-order valence-electron chi connectivity index (χ2n) is 3.54. The van der Waals surface area contributed by atoms with Gasteiger partial charge in [0.25, 0.3) is 0 Å². The van der Waals surface area contributed by atoms with Gasteiger partial charge in [0.1, 0.15) is 0 Å². The Bertz CT molecular complexity index is 254. The summed E-state index contributed by atoms with van der Waals surface area (Å²) in [5.74, 6) is 0. The molecule has 0 aliphatic heterocycles. The summed E-state index contributed by atoms with van der Waals surface area (Å²) in [5, 5.41) is 9.78. The minimum atomic E-state index is -3.80. The van der Waals surface area contributed by atoms with Crippen LogP contribution in [0.4, 0.5) is 13.2 Å². The van der Waals surface area contributed by atoms with Gasteiger partial charge < -0.3 is 9.84 Å². The standard InChI is InChI=1S/C11H17F3O2/c1-4-6-10(15,9(2)3)11(13,14)16-8-5-7-12/h4,15H,1-2,5-8H2,3H3. The summed E-state index contributed by atoms with van der Waals surface area (Å²) in [5.41, 5.74) is -2.62. The van der Waals surface area contributed by atoms with E-state index in [1.54, 1.807) is 0 Å². The van der Waals surface area contributed by atoms with E-state index < -0.39 is 25.0 Å². The Labute approximate surface area is 93.4 Å². The summed E-state index contributed by atoms with van der Waals surface area (Å²) in [6, 6.07) is 0. The van der Waals surface area contributed by atoms with Gasteiger partial charge in [0.05, 0.1) is 13.3 Å². The van der Waals surface area contributed by atoms with Crippen molar-refractivity contribution in [3.05, 3.63) is 24.8 Å². The van der Waals surface area contributed by atoms with Gasteiger partial charge >= 0.3 is 6.11 Å². The van der Waals surface area contributed by atoms with Crippen molar-refractivity contribution < 1.29 is 23.0 Å². The second-order valence-corrected chi connectivity index (χ2v) is 3.54. The van der Waals surface area contributed by atoms with Crippen molar-refractivity contribution in [2.24, 2.45) is 0 Å². The lowest BCUT2D eigenvalue weighted by atomic mass is 9.91. The average Bonchev–Trinajstić information content (AvgIpc) is 2.17. The van der Waals surface area contributed by atoms with Crippen LogP contribution in [-0.4, -0.2) is 30.1 Å². The Balaban J connectivity index is 4.74. The highest BCUT2D eigenvalue weighted by atomic mass is 19.3. The van der Waals surface area contributed by atoms with Gasteiger partial charge in [0.2, 0.25) is 0 Å². The molecular weight excluding hydrogens is 221 g/mol. The van der Waals surface area contributed by atoms with Gasteiger partial charge in [0.15, 0.2) is 5.60 Å². The molecule has 0 saturated carbocycles. The average molecular weight is 238 g/mol. The highest BCUT2D eigenvalue weighted by Crippen LogP contribution is 2.38. The quantitative estimate of drug-likeness (QED) is 0.520. The fraction of sp³-hybridized carbons (Fsp3) is 0.636. The van der Waals surface area contributed by atoms with Crippen LogP contribution in [-0.2, 0) is 4.74 Å². The van der Waals surface area contributed by atoms with E-state index in [0.717, 1.165) is 6.08 Å². The summed E-state index contributed by atoms with van der Waals surface area (Å²) >= 11 is 0. The predicted octanol–water partition coefficient (Wildman–Crippen LogP) is 2.84. The fourth-order valence-corrected chi connectivity index (χ4v) is 1.12. The molecule has 0 aliphatic rings. The van der Waals surface area contributed by atoms with Crippen molar-refractivity contribution in [3.63, 3.8) is 0 Å². The van der Waals surface area contributed by atoms with E-state index >= 15 is 0 Å². The van der Waals surface area contributed by atoms with Crippen LogP contribution in [0.3, 0.4) is 0 Å². The normalized spacial score (nSPS) is 15.6. The van der Waals surface area contributed by atoms with Crippen LogP contribution in [0.15, 0.2) is 24.8 Å². The Hall–Kier alpha value is -0.810. The van der Waals surface area contributed by atoms with Crippen LogP contribution >= 0.6 is 0 Å². The van der Waals surface area contributed by atoms with Crippen molar-refractivity contribution in [2.75, 3.05) is 13.3 Å². The monoisotopic (exact) mass is 238 g/mol. The molecule has 0 aliphatic carbocycles. The summed E-state index contributed by atoms with van der Waals surface area (Å²) in [7, 11) is 0. The number of rotatable bonds is 8.